The second kappa shape index (κ2) is 7.92. The summed E-state index contributed by atoms with van der Waals surface area (Å²) in [5.74, 6) is 0.0713. The Morgan fingerprint density at radius 1 is 1.24 bits per heavy atom. The predicted molar refractivity (Wildman–Crippen MR) is 90.5 cm³/mol. The van der Waals surface area contributed by atoms with Gasteiger partial charge in [-0.1, -0.05) is 52.7 Å². The highest BCUT2D eigenvalue weighted by Gasteiger charge is 2.14. The fourth-order valence-electron chi connectivity index (χ4n) is 2.34. The molecule has 0 bridgehead atoms. The molecule has 0 aromatic heterocycles. The molecule has 0 radical (unpaired) electrons. The topological polar surface area (TPSA) is 12.0 Å². The van der Waals surface area contributed by atoms with Gasteiger partial charge in [-0.05, 0) is 48.4 Å². The van der Waals surface area contributed by atoms with E-state index in [4.69, 9.17) is 11.6 Å². The van der Waals surface area contributed by atoms with Crippen molar-refractivity contribution in [2.45, 2.75) is 19.3 Å². The van der Waals surface area contributed by atoms with Crippen molar-refractivity contribution in [3.8, 4) is 0 Å². The van der Waals surface area contributed by atoms with E-state index in [0.717, 1.165) is 34.6 Å². The molecule has 0 fully saturated rings. The van der Waals surface area contributed by atoms with E-state index in [1.54, 1.807) is 0 Å². The van der Waals surface area contributed by atoms with E-state index in [1.165, 1.54) is 17.7 Å². The first kappa shape index (κ1) is 16.5. The van der Waals surface area contributed by atoms with Gasteiger partial charge in [-0.3, -0.25) is 0 Å². The van der Waals surface area contributed by atoms with Crippen LogP contribution in [0, 0.1) is 5.82 Å². The Morgan fingerprint density at radius 3 is 2.71 bits per heavy atom. The molecule has 1 N–H and O–H groups in total. The van der Waals surface area contributed by atoms with Gasteiger partial charge in [-0.2, -0.15) is 0 Å². The van der Waals surface area contributed by atoms with Gasteiger partial charge < -0.3 is 5.32 Å². The average molecular weight is 371 g/mol. The minimum atomic E-state index is -0.225. The van der Waals surface area contributed by atoms with Crippen molar-refractivity contribution >= 4 is 27.5 Å². The van der Waals surface area contributed by atoms with E-state index >= 15 is 0 Å². The van der Waals surface area contributed by atoms with E-state index in [1.807, 2.05) is 24.3 Å². The van der Waals surface area contributed by atoms with Gasteiger partial charge in [0.15, 0.2) is 0 Å². The second-order valence-corrected chi connectivity index (χ2v) is 6.29. The molecule has 0 aliphatic rings. The lowest BCUT2D eigenvalue weighted by atomic mass is 9.92. The Labute approximate surface area is 138 Å². The lowest BCUT2D eigenvalue weighted by molar-refractivity contribution is 0.591. The first-order valence-electron chi connectivity index (χ1n) is 7.00. The Hall–Kier alpha value is -0.900. The summed E-state index contributed by atoms with van der Waals surface area (Å²) in [6, 6.07) is 12.8. The van der Waals surface area contributed by atoms with Crippen LogP contribution in [-0.4, -0.2) is 13.1 Å². The van der Waals surface area contributed by atoms with Crippen LogP contribution >= 0.6 is 27.5 Å². The highest BCUT2D eigenvalue weighted by Crippen LogP contribution is 2.27. The van der Waals surface area contributed by atoms with Gasteiger partial charge in [0.05, 0.1) is 0 Å². The number of likely N-dealkylation sites (N-methyl/N-ethyl adjacent to an activating group) is 1. The Morgan fingerprint density at radius 2 is 2.05 bits per heavy atom. The van der Waals surface area contributed by atoms with E-state index < -0.39 is 0 Å². The number of halogens is 3. The summed E-state index contributed by atoms with van der Waals surface area (Å²) >= 11 is 9.54. The largest absolute Gasteiger partial charge is 0.316 e. The third-order valence-electron chi connectivity index (χ3n) is 3.44. The summed E-state index contributed by atoms with van der Waals surface area (Å²) in [6.45, 7) is 3.87. The van der Waals surface area contributed by atoms with Crippen molar-refractivity contribution in [3.63, 3.8) is 0 Å². The number of hydrogen-bond acceptors (Lipinski definition) is 1. The summed E-state index contributed by atoms with van der Waals surface area (Å²) in [4.78, 5) is 0. The first-order chi connectivity index (χ1) is 10.1. The fraction of sp³-hybridized carbons (Fsp3) is 0.294. The van der Waals surface area contributed by atoms with E-state index in [0.29, 0.717) is 5.92 Å². The molecule has 4 heteroatoms. The summed E-state index contributed by atoms with van der Waals surface area (Å²) < 4.78 is 14.0. The highest BCUT2D eigenvalue weighted by molar-refractivity contribution is 9.10. The van der Waals surface area contributed by atoms with Crippen LogP contribution in [0.1, 0.15) is 24.0 Å². The van der Waals surface area contributed by atoms with Gasteiger partial charge in [0.1, 0.15) is 5.82 Å². The van der Waals surface area contributed by atoms with Crippen molar-refractivity contribution in [1.82, 2.24) is 5.32 Å². The zero-order valence-electron chi connectivity index (χ0n) is 11.9. The number of rotatable bonds is 6. The Kier molecular flexibility index (Phi) is 6.22. The van der Waals surface area contributed by atoms with E-state index in [2.05, 4.69) is 34.2 Å². The Bertz CT molecular complexity index is 603. The van der Waals surface area contributed by atoms with Crippen molar-refractivity contribution in [2.24, 2.45) is 0 Å². The van der Waals surface area contributed by atoms with Crippen LogP contribution in [0.25, 0.3) is 0 Å². The van der Waals surface area contributed by atoms with E-state index in [9.17, 15) is 4.39 Å². The van der Waals surface area contributed by atoms with Crippen LogP contribution in [-0.2, 0) is 6.42 Å². The second-order valence-electron chi connectivity index (χ2n) is 5.00. The van der Waals surface area contributed by atoms with Gasteiger partial charge in [0.25, 0.3) is 0 Å². The molecule has 112 valence electrons. The first-order valence-corrected chi connectivity index (χ1v) is 8.17. The molecule has 2 rings (SSSR count). The normalized spacial score (nSPS) is 12.4. The maximum atomic E-state index is 13.2. The summed E-state index contributed by atoms with van der Waals surface area (Å²) in [5, 5.41) is 4.13. The lowest BCUT2D eigenvalue weighted by Crippen LogP contribution is -2.22. The smallest absolute Gasteiger partial charge is 0.124 e. The number of hydrogen-bond donors (Lipinski definition) is 1. The van der Waals surface area contributed by atoms with Crippen molar-refractivity contribution in [2.75, 3.05) is 13.1 Å². The molecule has 0 saturated carbocycles. The molecule has 2 aromatic rings. The molecular formula is C17H18BrClFN. The number of nitrogens with one attached hydrogen (secondary N) is 1. The molecule has 1 nitrogen and oxygen atoms in total. The highest BCUT2D eigenvalue weighted by atomic mass is 79.9. The molecule has 0 aliphatic carbocycles. The molecule has 1 unspecified atom stereocenters. The summed E-state index contributed by atoms with van der Waals surface area (Å²) in [5.41, 5.74) is 2.29. The Balaban J connectivity index is 2.23. The van der Waals surface area contributed by atoms with E-state index in [-0.39, 0.29) is 5.82 Å². The van der Waals surface area contributed by atoms with Crippen LogP contribution in [0.3, 0.4) is 0 Å². The van der Waals surface area contributed by atoms with Crippen LogP contribution in [0.15, 0.2) is 46.9 Å². The molecule has 1 atom stereocenters. The molecule has 2 aromatic carbocycles. The molecule has 0 spiro atoms. The maximum Gasteiger partial charge on any atom is 0.124 e. The molecule has 0 saturated heterocycles. The van der Waals surface area contributed by atoms with Crippen molar-refractivity contribution < 1.29 is 4.39 Å². The third kappa shape index (κ3) is 4.80. The van der Waals surface area contributed by atoms with Gasteiger partial charge in [0, 0.05) is 22.0 Å². The molecule has 0 heterocycles. The average Bonchev–Trinajstić information content (AvgIpc) is 2.45. The van der Waals surface area contributed by atoms with Crippen LogP contribution < -0.4 is 5.32 Å². The summed E-state index contributed by atoms with van der Waals surface area (Å²) in [7, 11) is 0. The van der Waals surface area contributed by atoms with Crippen LogP contribution in [0.2, 0.25) is 5.02 Å². The lowest BCUT2D eigenvalue weighted by Gasteiger charge is -2.19. The molecule has 0 amide bonds. The minimum Gasteiger partial charge on any atom is -0.316 e. The molecule has 0 aliphatic heterocycles. The van der Waals surface area contributed by atoms with Crippen LogP contribution in [0.5, 0.6) is 0 Å². The zero-order chi connectivity index (χ0) is 15.2. The fourth-order valence-corrected chi connectivity index (χ4v) is 3.05. The quantitative estimate of drug-likeness (QED) is 0.739. The molecular weight excluding hydrogens is 353 g/mol. The molecule has 21 heavy (non-hydrogen) atoms. The van der Waals surface area contributed by atoms with Crippen molar-refractivity contribution in [1.29, 1.82) is 0 Å². The van der Waals surface area contributed by atoms with Gasteiger partial charge in [-0.25, -0.2) is 4.39 Å². The minimum absolute atomic E-state index is 0.225. The van der Waals surface area contributed by atoms with Gasteiger partial charge >= 0.3 is 0 Å². The van der Waals surface area contributed by atoms with Gasteiger partial charge in [0.2, 0.25) is 0 Å². The third-order valence-corrected chi connectivity index (χ3v) is 4.42. The van der Waals surface area contributed by atoms with Crippen LogP contribution in [0.4, 0.5) is 4.39 Å². The zero-order valence-corrected chi connectivity index (χ0v) is 14.2. The maximum absolute atomic E-state index is 13.2. The number of benzene rings is 2. The van der Waals surface area contributed by atoms with Gasteiger partial charge in [-0.15, -0.1) is 0 Å². The van der Waals surface area contributed by atoms with Crippen molar-refractivity contribution in [3.05, 3.63) is 68.9 Å². The predicted octanol–water partition coefficient (Wildman–Crippen LogP) is 5.18. The standard InChI is InChI=1S/C17H18BrClFN/c1-2-21-11-14(12-4-3-5-15(19)9-12)8-13-6-7-16(20)10-17(13)18/h3-7,9-10,14,21H,2,8,11H2,1H3. The monoisotopic (exact) mass is 369 g/mol. The SMILES string of the molecule is CCNCC(Cc1ccc(F)cc1Br)c1cccc(Cl)c1. The summed E-state index contributed by atoms with van der Waals surface area (Å²) in [6.07, 6.45) is 0.828.